The average Bonchev–Trinajstić information content (AvgIpc) is 3.88. The number of amides is 5. The van der Waals surface area contributed by atoms with E-state index in [0.29, 0.717) is 67.9 Å². The van der Waals surface area contributed by atoms with Crippen LogP contribution in [0.25, 0.3) is 5.00 Å². The summed E-state index contributed by atoms with van der Waals surface area (Å²) in [4.78, 5) is 70.0. The van der Waals surface area contributed by atoms with Crippen molar-refractivity contribution < 1.29 is 43.3 Å². The number of carbonyl (C=O) groups is 5. The van der Waals surface area contributed by atoms with Crippen molar-refractivity contribution in [2.45, 2.75) is 77.6 Å². The van der Waals surface area contributed by atoms with Crippen LogP contribution in [-0.4, -0.2) is 105 Å². The van der Waals surface area contributed by atoms with Gasteiger partial charge in [0.1, 0.15) is 40.6 Å². The molecular weight excluding hydrogens is 888 g/mol. The van der Waals surface area contributed by atoms with Gasteiger partial charge in [0, 0.05) is 65.7 Å². The topological polar surface area (TPSA) is 216 Å². The molecule has 1 fully saturated rings. The molecular formula is C47H49ClN8O9S. The second-order valence-corrected chi connectivity index (χ2v) is 17.8. The molecule has 0 bridgehead atoms. The number of piperidine rings is 1. The molecule has 3 aliphatic heterocycles. The van der Waals surface area contributed by atoms with Crippen LogP contribution in [0.3, 0.4) is 0 Å². The summed E-state index contributed by atoms with van der Waals surface area (Å²) in [6, 6.07) is 17.9. The number of benzene rings is 3. The first-order valence-electron chi connectivity index (χ1n) is 21.7. The molecule has 5 heterocycles. The highest BCUT2D eigenvalue weighted by molar-refractivity contribution is 7.15. The highest BCUT2D eigenvalue weighted by atomic mass is 35.5. The molecule has 0 spiro atoms. The first kappa shape index (κ1) is 46.1. The first-order valence-corrected chi connectivity index (χ1v) is 22.9. The van der Waals surface area contributed by atoms with Gasteiger partial charge in [0.2, 0.25) is 11.8 Å². The normalized spacial score (nSPS) is 17.0. The van der Waals surface area contributed by atoms with Crippen molar-refractivity contribution in [3.05, 3.63) is 116 Å². The smallest absolute Gasteiger partial charge is 0.266 e. The Labute approximate surface area is 389 Å². The zero-order valence-corrected chi connectivity index (χ0v) is 38.2. The van der Waals surface area contributed by atoms with Crippen LogP contribution >= 0.6 is 22.9 Å². The number of aliphatic hydroxyl groups excluding tert-OH is 1. The number of fused-ring (bicyclic) bond motifs is 4. The summed E-state index contributed by atoms with van der Waals surface area (Å²) in [7, 11) is 0. The number of aromatic nitrogens is 3. The van der Waals surface area contributed by atoms with E-state index in [4.69, 9.17) is 30.8 Å². The van der Waals surface area contributed by atoms with E-state index in [1.165, 1.54) is 23.1 Å². The summed E-state index contributed by atoms with van der Waals surface area (Å²) in [5.74, 6) is -0.768. The lowest BCUT2D eigenvalue weighted by Gasteiger charge is -2.27. The van der Waals surface area contributed by atoms with Gasteiger partial charge in [0.25, 0.3) is 17.7 Å². The molecule has 66 heavy (non-hydrogen) atoms. The maximum absolute atomic E-state index is 13.2. The minimum Gasteiger partial charge on any atom is -0.494 e. The summed E-state index contributed by atoms with van der Waals surface area (Å²) in [5.41, 5.74) is 4.69. The molecule has 3 aromatic carbocycles. The van der Waals surface area contributed by atoms with Crippen molar-refractivity contribution in [1.82, 2.24) is 30.3 Å². The van der Waals surface area contributed by atoms with Crippen LogP contribution < -0.4 is 25.4 Å². The van der Waals surface area contributed by atoms with E-state index in [0.717, 1.165) is 38.1 Å². The maximum Gasteiger partial charge on any atom is 0.266 e. The van der Waals surface area contributed by atoms with E-state index >= 15 is 0 Å². The van der Waals surface area contributed by atoms with Crippen molar-refractivity contribution in [3.63, 3.8) is 0 Å². The van der Waals surface area contributed by atoms with E-state index < -0.39 is 47.8 Å². The molecule has 19 heteroatoms. The number of halogens is 1. The summed E-state index contributed by atoms with van der Waals surface area (Å²) in [6.45, 7) is 7.60. The number of ether oxygens (including phenoxy) is 3. The summed E-state index contributed by atoms with van der Waals surface area (Å²) in [6.07, 6.45) is 1.40. The summed E-state index contributed by atoms with van der Waals surface area (Å²) >= 11 is 7.93. The van der Waals surface area contributed by atoms with Crippen LogP contribution in [0.15, 0.2) is 71.7 Å². The second-order valence-electron chi connectivity index (χ2n) is 16.1. The zero-order valence-electron chi connectivity index (χ0n) is 36.6. The molecule has 344 valence electrons. The third-order valence-corrected chi connectivity index (χ3v) is 13.0. The van der Waals surface area contributed by atoms with E-state index in [2.05, 4.69) is 44.6 Å². The number of hydrogen-bond donors (Lipinski definition) is 4. The van der Waals surface area contributed by atoms with Crippen LogP contribution in [0.4, 0.5) is 5.69 Å². The van der Waals surface area contributed by atoms with Crippen LogP contribution in [0.1, 0.15) is 98.5 Å². The van der Waals surface area contributed by atoms with Crippen LogP contribution in [0.5, 0.6) is 11.5 Å². The number of nitrogens with one attached hydrogen (secondary N) is 3. The number of imide groups is 2. The van der Waals surface area contributed by atoms with Gasteiger partial charge in [0.15, 0.2) is 12.4 Å². The van der Waals surface area contributed by atoms with Gasteiger partial charge < -0.3 is 30.0 Å². The van der Waals surface area contributed by atoms with E-state index in [1.807, 2.05) is 55.5 Å². The maximum atomic E-state index is 13.2. The van der Waals surface area contributed by atoms with Crippen molar-refractivity contribution in [3.8, 4) is 16.5 Å². The summed E-state index contributed by atoms with van der Waals surface area (Å²) < 4.78 is 19.3. The minimum atomic E-state index is -1.10. The Balaban J connectivity index is 0.725. The number of aryl methyl sites for hydroxylation is 2. The van der Waals surface area contributed by atoms with E-state index in [-0.39, 0.29) is 42.7 Å². The van der Waals surface area contributed by atoms with Gasteiger partial charge in [-0.05, 0) is 94.1 Å². The number of carbonyl (C=O) groups excluding carboxylic acids is 5. The highest BCUT2D eigenvalue weighted by Gasteiger charge is 2.46. The quantitative estimate of drug-likeness (QED) is 0.0441. The lowest BCUT2D eigenvalue weighted by Crippen LogP contribution is -2.54. The number of aliphatic imine (C=N–C) groups is 1. The lowest BCUT2D eigenvalue weighted by atomic mass is 9.99. The number of nitrogens with zero attached hydrogens (tertiary/aromatic N) is 5. The van der Waals surface area contributed by atoms with Gasteiger partial charge in [0.05, 0.1) is 23.4 Å². The Morgan fingerprint density at radius 3 is 2.47 bits per heavy atom. The molecule has 0 aliphatic carbocycles. The number of rotatable bonds is 19. The standard InChI is InChI=1S/C47H49ClN8O9S/c1-26-27(2)66-47-40(26)42(29-10-12-30(48)13-11-29)51-34(43-54-53-28(3)55(43)47)24-38(58)50-31-14-16-32(17-15-31)64-23-7-22-63-21-5-4-20-49-39(59)25-65-36-9-6-8-33-41(36)46(62)56(45(33)61)35-18-19-37(57)52-44(35)60/h6,8-17,34-35,38,50,58H,4-5,7,18-25H2,1-3H3,(H,49,59)(H,52,57,60)/t34-,35?,38?/m0/s1. The number of hydrogen-bond acceptors (Lipinski definition) is 14. The molecule has 3 atom stereocenters. The molecule has 0 radical (unpaired) electrons. The van der Waals surface area contributed by atoms with Gasteiger partial charge in [-0.2, -0.15) is 0 Å². The van der Waals surface area contributed by atoms with Crippen molar-refractivity contribution in [2.24, 2.45) is 4.99 Å². The largest absolute Gasteiger partial charge is 0.494 e. The number of aliphatic hydroxyl groups is 1. The molecule has 5 aromatic rings. The van der Waals surface area contributed by atoms with Crippen molar-refractivity contribution >= 4 is 63.9 Å². The third kappa shape index (κ3) is 10.0. The van der Waals surface area contributed by atoms with Crippen molar-refractivity contribution in [1.29, 1.82) is 0 Å². The molecule has 8 rings (SSSR count). The zero-order chi connectivity index (χ0) is 46.5. The van der Waals surface area contributed by atoms with Gasteiger partial charge >= 0.3 is 0 Å². The predicted molar refractivity (Wildman–Crippen MR) is 246 cm³/mol. The van der Waals surface area contributed by atoms with Gasteiger partial charge in [-0.1, -0.05) is 29.8 Å². The average molecular weight is 937 g/mol. The molecule has 4 N–H and O–H groups in total. The molecule has 5 amide bonds. The van der Waals surface area contributed by atoms with Crippen LogP contribution in [0, 0.1) is 20.8 Å². The summed E-state index contributed by atoms with van der Waals surface area (Å²) in [5, 5.41) is 30.0. The minimum absolute atomic E-state index is 0.0114. The van der Waals surface area contributed by atoms with Crippen LogP contribution in [0.2, 0.25) is 5.02 Å². The third-order valence-electron chi connectivity index (χ3n) is 11.5. The first-order chi connectivity index (χ1) is 31.9. The van der Waals surface area contributed by atoms with E-state index in [9.17, 15) is 29.1 Å². The Hall–Kier alpha value is -6.47. The number of unbranched alkanes of at least 4 members (excludes halogenated alkanes) is 1. The van der Waals surface area contributed by atoms with Crippen LogP contribution in [-0.2, 0) is 19.1 Å². The fraction of sp³-hybridized carbons (Fsp3) is 0.362. The Morgan fingerprint density at radius 1 is 0.924 bits per heavy atom. The predicted octanol–water partition coefficient (Wildman–Crippen LogP) is 5.78. The Kier molecular flexibility index (Phi) is 14.2. The molecule has 1 saturated heterocycles. The molecule has 3 aliphatic rings. The number of anilines is 1. The molecule has 0 saturated carbocycles. The fourth-order valence-corrected chi connectivity index (χ4v) is 9.41. The van der Waals surface area contributed by atoms with E-state index in [1.54, 1.807) is 11.3 Å². The Morgan fingerprint density at radius 2 is 1.70 bits per heavy atom. The SMILES string of the molecule is Cc1sc2c(c1C)C(c1ccc(Cl)cc1)=N[C@@H](CC(O)Nc1ccc(OCCCOCCCCNC(=O)COc3cccc4c3C(=O)N(C3CCC(=O)NC3=O)C4=O)cc1)c1nnc(C)n1-2. The highest BCUT2D eigenvalue weighted by Crippen LogP contribution is 2.40. The molecule has 2 aromatic heterocycles. The number of thiophene rings is 1. The Bertz CT molecular complexity index is 2680. The molecule has 2 unspecified atom stereocenters. The second kappa shape index (κ2) is 20.4. The van der Waals surface area contributed by atoms with Gasteiger partial charge in [-0.15, -0.1) is 21.5 Å². The molecule has 17 nitrogen and oxygen atoms in total. The van der Waals surface area contributed by atoms with Gasteiger partial charge in [-0.3, -0.25) is 43.7 Å². The monoisotopic (exact) mass is 936 g/mol. The van der Waals surface area contributed by atoms with Gasteiger partial charge in [-0.25, -0.2) is 0 Å². The fourth-order valence-electron chi connectivity index (χ4n) is 8.07. The van der Waals surface area contributed by atoms with Crippen molar-refractivity contribution in [2.75, 3.05) is 38.3 Å². The lowest BCUT2D eigenvalue weighted by molar-refractivity contribution is -0.136.